The molecule has 1 heterocycles. The maximum absolute atomic E-state index is 8.71. The Bertz CT molecular complexity index is 237. The van der Waals surface area contributed by atoms with E-state index in [-0.39, 0.29) is 12.5 Å². The van der Waals surface area contributed by atoms with Crippen LogP contribution >= 0.6 is 11.3 Å². The van der Waals surface area contributed by atoms with E-state index in [0.29, 0.717) is 6.42 Å². The minimum Gasteiger partial charge on any atom is -0.395 e. The summed E-state index contributed by atoms with van der Waals surface area (Å²) >= 11 is 1.61. The van der Waals surface area contributed by atoms with Crippen molar-refractivity contribution in [1.82, 2.24) is 0 Å². The second-order valence-electron chi connectivity index (χ2n) is 2.34. The Morgan fingerprint density at radius 3 is 3.00 bits per heavy atom. The highest BCUT2D eigenvalue weighted by Gasteiger charge is 2.06. The lowest BCUT2D eigenvalue weighted by Gasteiger charge is -2.00. The number of aliphatic hydroxyl groups excluding tert-OH is 1. The number of hydrogen-bond donors (Lipinski definition) is 1. The van der Waals surface area contributed by atoms with Crippen LogP contribution < -0.4 is 0 Å². The number of rotatable bonds is 3. The van der Waals surface area contributed by atoms with Gasteiger partial charge in [0.15, 0.2) is 0 Å². The molecule has 0 amide bonds. The van der Waals surface area contributed by atoms with Gasteiger partial charge in [-0.1, -0.05) is 0 Å². The molecule has 0 radical (unpaired) electrons. The van der Waals surface area contributed by atoms with Crippen molar-refractivity contribution in [3.05, 3.63) is 22.4 Å². The molecule has 0 saturated carbocycles. The van der Waals surface area contributed by atoms with Crippen LogP contribution in [-0.4, -0.2) is 11.7 Å². The van der Waals surface area contributed by atoms with Crippen molar-refractivity contribution in [1.29, 1.82) is 5.26 Å². The summed E-state index contributed by atoms with van der Waals surface area (Å²) in [6, 6.07) is 4.02. The Hall–Kier alpha value is -0.850. The summed E-state index contributed by atoms with van der Waals surface area (Å²) in [5.74, 6) is -0.246. The fourth-order valence-corrected chi connectivity index (χ4v) is 1.53. The van der Waals surface area contributed by atoms with Gasteiger partial charge in [0, 0.05) is 0 Å². The molecule has 11 heavy (non-hydrogen) atoms. The quantitative estimate of drug-likeness (QED) is 0.740. The third-order valence-electron chi connectivity index (χ3n) is 1.47. The summed E-state index contributed by atoms with van der Waals surface area (Å²) in [5.41, 5.74) is 1.13. The van der Waals surface area contributed by atoms with Crippen LogP contribution in [0.1, 0.15) is 5.56 Å². The monoisotopic (exact) mass is 167 g/mol. The zero-order valence-electron chi connectivity index (χ0n) is 6.03. The molecule has 0 saturated heterocycles. The maximum Gasteiger partial charge on any atom is 0.0735 e. The second kappa shape index (κ2) is 4.12. The Labute approximate surface area is 69.7 Å². The summed E-state index contributed by atoms with van der Waals surface area (Å²) in [5, 5.41) is 21.2. The van der Waals surface area contributed by atoms with Crippen LogP contribution in [0.5, 0.6) is 0 Å². The number of aliphatic hydroxyl groups is 1. The van der Waals surface area contributed by atoms with Crippen molar-refractivity contribution in [2.75, 3.05) is 6.61 Å². The molecule has 0 aliphatic heterocycles. The molecule has 0 aromatic carbocycles. The van der Waals surface area contributed by atoms with Crippen molar-refractivity contribution in [2.45, 2.75) is 6.42 Å². The molecule has 2 nitrogen and oxygen atoms in total. The summed E-state index contributed by atoms with van der Waals surface area (Å²) in [6.07, 6.45) is 0.663. The molecule has 1 atom stereocenters. The summed E-state index contributed by atoms with van der Waals surface area (Å²) < 4.78 is 0. The maximum atomic E-state index is 8.71. The average Bonchev–Trinajstić information content (AvgIpc) is 2.52. The Morgan fingerprint density at radius 2 is 2.55 bits per heavy atom. The molecule has 1 N–H and O–H groups in total. The minimum atomic E-state index is -0.246. The second-order valence-corrected chi connectivity index (χ2v) is 3.12. The van der Waals surface area contributed by atoms with Crippen LogP contribution in [0, 0.1) is 17.2 Å². The normalized spacial score (nSPS) is 12.4. The van der Waals surface area contributed by atoms with E-state index in [0.717, 1.165) is 5.56 Å². The third kappa shape index (κ3) is 2.34. The van der Waals surface area contributed by atoms with Gasteiger partial charge in [-0.25, -0.2) is 0 Å². The number of thiophene rings is 1. The SMILES string of the molecule is N#C[C@@H](CO)Cc1ccsc1. The Morgan fingerprint density at radius 1 is 1.73 bits per heavy atom. The van der Waals surface area contributed by atoms with Gasteiger partial charge in [-0.15, -0.1) is 0 Å². The molecule has 1 rings (SSSR count). The Kier molecular flexibility index (Phi) is 3.09. The van der Waals surface area contributed by atoms with Gasteiger partial charge in [-0.05, 0) is 28.8 Å². The van der Waals surface area contributed by atoms with Gasteiger partial charge in [0.25, 0.3) is 0 Å². The molecule has 0 aliphatic carbocycles. The molecular formula is C8H9NOS. The summed E-state index contributed by atoms with van der Waals surface area (Å²) in [7, 11) is 0. The molecule has 1 aromatic heterocycles. The molecular weight excluding hydrogens is 158 g/mol. The standard InChI is InChI=1S/C8H9NOS/c9-4-8(5-10)3-7-1-2-11-6-7/h1-2,6,8,10H,3,5H2/t8-/m0/s1. The largest absolute Gasteiger partial charge is 0.395 e. The van der Waals surface area contributed by atoms with Gasteiger partial charge in [0.1, 0.15) is 0 Å². The molecule has 0 spiro atoms. The zero-order valence-corrected chi connectivity index (χ0v) is 6.84. The highest BCUT2D eigenvalue weighted by Crippen LogP contribution is 2.11. The van der Waals surface area contributed by atoms with Crippen LogP contribution in [0.15, 0.2) is 16.8 Å². The van der Waals surface area contributed by atoms with E-state index in [4.69, 9.17) is 10.4 Å². The summed E-state index contributed by atoms with van der Waals surface area (Å²) in [6.45, 7) is -0.0493. The van der Waals surface area contributed by atoms with Gasteiger partial charge in [0.2, 0.25) is 0 Å². The van der Waals surface area contributed by atoms with E-state index in [9.17, 15) is 0 Å². The van der Waals surface area contributed by atoms with E-state index in [1.807, 2.05) is 22.9 Å². The predicted octanol–water partition coefficient (Wildman–Crippen LogP) is 1.42. The molecule has 58 valence electrons. The Balaban J connectivity index is 2.49. The van der Waals surface area contributed by atoms with Crippen LogP contribution in [-0.2, 0) is 6.42 Å². The lowest BCUT2D eigenvalue weighted by Crippen LogP contribution is -2.05. The van der Waals surface area contributed by atoms with Crippen molar-refractivity contribution in [3.8, 4) is 6.07 Å². The predicted molar refractivity (Wildman–Crippen MR) is 44.2 cm³/mol. The van der Waals surface area contributed by atoms with Crippen LogP contribution in [0.4, 0.5) is 0 Å². The fourth-order valence-electron chi connectivity index (χ4n) is 0.844. The lowest BCUT2D eigenvalue weighted by atomic mass is 10.0. The van der Waals surface area contributed by atoms with E-state index < -0.39 is 0 Å². The first-order valence-electron chi connectivity index (χ1n) is 3.38. The number of nitriles is 1. The van der Waals surface area contributed by atoms with Crippen molar-refractivity contribution in [2.24, 2.45) is 5.92 Å². The molecule has 3 heteroatoms. The smallest absolute Gasteiger partial charge is 0.0735 e. The molecule has 0 fully saturated rings. The topological polar surface area (TPSA) is 44.0 Å². The minimum absolute atomic E-state index is 0.0493. The van der Waals surface area contributed by atoms with Gasteiger partial charge in [-0.2, -0.15) is 16.6 Å². The first kappa shape index (κ1) is 8.25. The van der Waals surface area contributed by atoms with E-state index >= 15 is 0 Å². The van der Waals surface area contributed by atoms with Gasteiger partial charge in [-0.3, -0.25) is 0 Å². The molecule has 0 bridgehead atoms. The first-order valence-corrected chi connectivity index (χ1v) is 4.32. The van der Waals surface area contributed by atoms with Crippen LogP contribution in [0.3, 0.4) is 0 Å². The number of hydrogen-bond acceptors (Lipinski definition) is 3. The first-order chi connectivity index (χ1) is 5.36. The highest BCUT2D eigenvalue weighted by atomic mass is 32.1. The van der Waals surface area contributed by atoms with Gasteiger partial charge in [0.05, 0.1) is 18.6 Å². The van der Waals surface area contributed by atoms with Gasteiger partial charge >= 0.3 is 0 Å². The zero-order chi connectivity index (χ0) is 8.10. The van der Waals surface area contributed by atoms with Crippen molar-refractivity contribution in [3.63, 3.8) is 0 Å². The van der Waals surface area contributed by atoms with Crippen LogP contribution in [0.25, 0.3) is 0 Å². The average molecular weight is 167 g/mol. The van der Waals surface area contributed by atoms with Crippen LogP contribution in [0.2, 0.25) is 0 Å². The summed E-state index contributed by atoms with van der Waals surface area (Å²) in [4.78, 5) is 0. The van der Waals surface area contributed by atoms with Crippen molar-refractivity contribution < 1.29 is 5.11 Å². The molecule has 1 aromatic rings. The highest BCUT2D eigenvalue weighted by molar-refractivity contribution is 7.07. The van der Waals surface area contributed by atoms with E-state index in [1.54, 1.807) is 11.3 Å². The molecule has 0 aliphatic rings. The fraction of sp³-hybridized carbons (Fsp3) is 0.375. The molecule has 0 unspecified atom stereocenters. The van der Waals surface area contributed by atoms with Gasteiger partial charge < -0.3 is 5.11 Å². The lowest BCUT2D eigenvalue weighted by molar-refractivity contribution is 0.255. The number of nitrogens with zero attached hydrogens (tertiary/aromatic N) is 1. The van der Waals surface area contributed by atoms with Crippen molar-refractivity contribution >= 4 is 11.3 Å². The van der Waals surface area contributed by atoms with E-state index in [1.165, 1.54) is 0 Å². The van der Waals surface area contributed by atoms with E-state index in [2.05, 4.69) is 0 Å². The third-order valence-corrected chi connectivity index (χ3v) is 2.20.